The van der Waals surface area contributed by atoms with Crippen LogP contribution in [0.1, 0.15) is 43.7 Å². The molecule has 7 nitrogen and oxygen atoms in total. The molecule has 0 bridgehead atoms. The van der Waals surface area contributed by atoms with Crippen molar-refractivity contribution in [1.29, 1.82) is 0 Å². The zero-order chi connectivity index (χ0) is 18.8. The zero-order valence-corrected chi connectivity index (χ0v) is 15.4. The highest BCUT2D eigenvalue weighted by molar-refractivity contribution is 5.99. The number of nitrogens with zero attached hydrogens (tertiary/aromatic N) is 3. The van der Waals surface area contributed by atoms with Crippen molar-refractivity contribution in [3.63, 3.8) is 0 Å². The average Bonchev–Trinajstić information content (AvgIpc) is 2.88. The van der Waals surface area contributed by atoms with Crippen molar-refractivity contribution < 1.29 is 9.59 Å². The summed E-state index contributed by atoms with van der Waals surface area (Å²) < 4.78 is 3.13. The molecule has 0 aliphatic carbocycles. The van der Waals surface area contributed by atoms with E-state index in [1.165, 1.54) is 12.6 Å². The Morgan fingerprint density at radius 1 is 1.08 bits per heavy atom. The number of benzene rings is 1. The molecule has 1 aromatic carbocycles. The molecule has 140 valence electrons. The van der Waals surface area contributed by atoms with Crippen molar-refractivity contribution >= 4 is 22.8 Å². The van der Waals surface area contributed by atoms with Crippen LogP contribution in [-0.4, -0.2) is 39.4 Å². The molecule has 1 unspecified atom stereocenters. The Labute approximate surface area is 152 Å². The summed E-state index contributed by atoms with van der Waals surface area (Å²) in [5, 5.41) is 0. The van der Waals surface area contributed by atoms with E-state index in [0.29, 0.717) is 13.0 Å². The van der Waals surface area contributed by atoms with E-state index in [1.807, 2.05) is 18.2 Å². The van der Waals surface area contributed by atoms with E-state index in [1.54, 1.807) is 16.2 Å². The number of rotatable bonds is 6. The van der Waals surface area contributed by atoms with Crippen LogP contribution in [0.3, 0.4) is 0 Å². The summed E-state index contributed by atoms with van der Waals surface area (Å²) in [7, 11) is 3.20. The SMILES string of the molecule is CN1C(=O)CCC(n2c(=O)n(C)c3cc(CCCCCN)ccc32)C1=O. The lowest BCUT2D eigenvalue weighted by molar-refractivity contribution is -0.149. The molecule has 1 saturated heterocycles. The van der Waals surface area contributed by atoms with Gasteiger partial charge in [-0.25, -0.2) is 4.79 Å². The Kier molecular flexibility index (Phi) is 5.27. The number of piperidine rings is 1. The van der Waals surface area contributed by atoms with Gasteiger partial charge in [0.2, 0.25) is 5.91 Å². The minimum absolute atomic E-state index is 0.195. The number of aryl methyl sites for hydroxylation is 2. The lowest BCUT2D eigenvalue weighted by atomic mass is 10.0. The number of hydrogen-bond acceptors (Lipinski definition) is 4. The van der Waals surface area contributed by atoms with Gasteiger partial charge in [0.25, 0.3) is 5.91 Å². The second-order valence-corrected chi connectivity index (χ2v) is 6.98. The maximum Gasteiger partial charge on any atom is 0.329 e. The van der Waals surface area contributed by atoms with E-state index in [4.69, 9.17) is 5.73 Å². The van der Waals surface area contributed by atoms with Gasteiger partial charge in [-0.05, 0) is 49.9 Å². The number of likely N-dealkylation sites (N-methyl/N-ethyl adjacent to an activating group) is 1. The lowest BCUT2D eigenvalue weighted by Gasteiger charge is -2.28. The van der Waals surface area contributed by atoms with Gasteiger partial charge in [0.15, 0.2) is 0 Å². The molecule has 1 aliphatic rings. The Balaban J connectivity index is 1.95. The molecule has 1 aliphatic heterocycles. The minimum atomic E-state index is -0.621. The number of carbonyl (C=O) groups is 2. The normalized spacial score (nSPS) is 18.1. The van der Waals surface area contributed by atoms with Gasteiger partial charge in [0, 0.05) is 20.5 Å². The standard InChI is InChI=1S/C19H26N4O3/c1-21-16-12-13(6-4-3-5-11-20)7-8-14(16)23(19(21)26)15-9-10-17(24)22(2)18(15)25/h7-8,12,15H,3-6,9-11,20H2,1-2H3. The smallest absolute Gasteiger partial charge is 0.329 e. The molecule has 2 aromatic rings. The fourth-order valence-electron chi connectivity index (χ4n) is 3.65. The third-order valence-corrected chi connectivity index (χ3v) is 5.26. The van der Waals surface area contributed by atoms with Crippen LogP contribution in [0, 0.1) is 0 Å². The second-order valence-electron chi connectivity index (χ2n) is 6.98. The van der Waals surface area contributed by atoms with E-state index in [2.05, 4.69) is 0 Å². The number of likely N-dealkylation sites (tertiary alicyclic amines) is 1. The molecule has 26 heavy (non-hydrogen) atoms. The van der Waals surface area contributed by atoms with E-state index < -0.39 is 6.04 Å². The molecular weight excluding hydrogens is 332 g/mol. The molecule has 7 heteroatoms. The molecular formula is C19H26N4O3. The predicted molar refractivity (Wildman–Crippen MR) is 99.8 cm³/mol. The Hall–Kier alpha value is -2.41. The lowest BCUT2D eigenvalue weighted by Crippen LogP contribution is -2.45. The molecule has 1 aromatic heterocycles. The summed E-state index contributed by atoms with van der Waals surface area (Å²) in [5.41, 5.74) is 8.04. The van der Waals surface area contributed by atoms with Crippen LogP contribution in [0.5, 0.6) is 0 Å². The van der Waals surface area contributed by atoms with Gasteiger partial charge in [-0.2, -0.15) is 0 Å². The number of nitrogens with two attached hydrogens (primary N) is 1. The Bertz CT molecular complexity index is 896. The molecule has 2 heterocycles. The van der Waals surface area contributed by atoms with Gasteiger partial charge in [0.05, 0.1) is 11.0 Å². The summed E-state index contributed by atoms with van der Waals surface area (Å²) in [4.78, 5) is 38.2. The Morgan fingerprint density at radius 3 is 2.58 bits per heavy atom. The van der Waals surface area contributed by atoms with E-state index in [0.717, 1.165) is 41.6 Å². The zero-order valence-electron chi connectivity index (χ0n) is 15.4. The van der Waals surface area contributed by atoms with E-state index >= 15 is 0 Å². The first kappa shape index (κ1) is 18.4. The van der Waals surface area contributed by atoms with Crippen molar-refractivity contribution in [2.45, 2.75) is 44.6 Å². The summed E-state index contributed by atoms with van der Waals surface area (Å²) >= 11 is 0. The van der Waals surface area contributed by atoms with Crippen LogP contribution in [0.2, 0.25) is 0 Å². The van der Waals surface area contributed by atoms with Crippen molar-refractivity contribution in [2.24, 2.45) is 12.8 Å². The first-order chi connectivity index (χ1) is 12.5. The highest BCUT2D eigenvalue weighted by Crippen LogP contribution is 2.26. The molecule has 1 atom stereocenters. The number of unbranched alkanes of at least 4 members (excludes halogenated alkanes) is 2. The van der Waals surface area contributed by atoms with Crippen molar-refractivity contribution in [3.05, 3.63) is 34.2 Å². The van der Waals surface area contributed by atoms with Gasteiger partial charge >= 0.3 is 5.69 Å². The molecule has 1 fully saturated rings. The quantitative estimate of drug-likeness (QED) is 0.623. The van der Waals surface area contributed by atoms with Crippen LogP contribution in [-0.2, 0) is 23.1 Å². The third kappa shape index (κ3) is 3.19. The number of imide groups is 1. The third-order valence-electron chi connectivity index (χ3n) is 5.26. The molecule has 2 N–H and O–H groups in total. The maximum atomic E-state index is 12.8. The molecule has 0 saturated carbocycles. The highest BCUT2D eigenvalue weighted by atomic mass is 16.2. The number of hydrogen-bond donors (Lipinski definition) is 1. The maximum absolute atomic E-state index is 12.8. The fraction of sp³-hybridized carbons (Fsp3) is 0.526. The van der Waals surface area contributed by atoms with E-state index in [-0.39, 0.29) is 23.9 Å². The second kappa shape index (κ2) is 7.45. The van der Waals surface area contributed by atoms with Gasteiger partial charge in [0.1, 0.15) is 6.04 Å². The monoisotopic (exact) mass is 358 g/mol. The highest BCUT2D eigenvalue weighted by Gasteiger charge is 2.35. The van der Waals surface area contributed by atoms with Crippen molar-refractivity contribution in [2.75, 3.05) is 13.6 Å². The topological polar surface area (TPSA) is 90.3 Å². The van der Waals surface area contributed by atoms with E-state index in [9.17, 15) is 14.4 Å². The largest absolute Gasteiger partial charge is 0.330 e. The molecule has 2 amide bonds. The number of aromatic nitrogens is 2. The van der Waals surface area contributed by atoms with Gasteiger partial charge in [-0.3, -0.25) is 23.6 Å². The summed E-state index contributed by atoms with van der Waals surface area (Å²) in [5.74, 6) is -0.513. The first-order valence-corrected chi connectivity index (χ1v) is 9.16. The first-order valence-electron chi connectivity index (χ1n) is 9.16. The van der Waals surface area contributed by atoms with Crippen LogP contribution >= 0.6 is 0 Å². The van der Waals surface area contributed by atoms with Crippen LogP contribution < -0.4 is 11.4 Å². The molecule has 0 spiro atoms. The predicted octanol–water partition coefficient (Wildman–Crippen LogP) is 1.33. The minimum Gasteiger partial charge on any atom is -0.330 e. The van der Waals surface area contributed by atoms with Crippen molar-refractivity contribution in [1.82, 2.24) is 14.0 Å². The van der Waals surface area contributed by atoms with Gasteiger partial charge < -0.3 is 5.73 Å². The number of amides is 2. The number of carbonyl (C=O) groups excluding carboxylic acids is 2. The van der Waals surface area contributed by atoms with Crippen molar-refractivity contribution in [3.8, 4) is 0 Å². The number of imidazole rings is 1. The fourth-order valence-corrected chi connectivity index (χ4v) is 3.65. The summed E-state index contributed by atoms with van der Waals surface area (Å²) in [6.07, 6.45) is 4.75. The molecule has 0 radical (unpaired) electrons. The van der Waals surface area contributed by atoms with Gasteiger partial charge in [-0.1, -0.05) is 12.5 Å². The summed E-state index contributed by atoms with van der Waals surface area (Å²) in [6, 6.07) is 5.34. The average molecular weight is 358 g/mol. The van der Waals surface area contributed by atoms with Crippen LogP contribution in [0.4, 0.5) is 0 Å². The summed E-state index contributed by atoms with van der Waals surface area (Å²) in [6.45, 7) is 0.711. The van der Waals surface area contributed by atoms with Gasteiger partial charge in [-0.15, -0.1) is 0 Å². The van der Waals surface area contributed by atoms with Crippen LogP contribution in [0.25, 0.3) is 11.0 Å². The number of fused-ring (bicyclic) bond motifs is 1. The Morgan fingerprint density at radius 2 is 1.85 bits per heavy atom. The molecule has 3 rings (SSSR count). The van der Waals surface area contributed by atoms with Crippen LogP contribution in [0.15, 0.2) is 23.0 Å².